The number of aromatic amines is 2. The van der Waals surface area contributed by atoms with Crippen LogP contribution in [0.3, 0.4) is 0 Å². The molecule has 67 heavy (non-hydrogen) atoms. The lowest BCUT2D eigenvalue weighted by atomic mass is 9.94. The minimum absolute atomic E-state index is 0.0480. The molecule has 0 saturated carbocycles. The number of aliphatic carboxylic acids is 2. The lowest BCUT2D eigenvalue weighted by Gasteiger charge is -2.31. The Morgan fingerprint density at radius 1 is 0.597 bits per heavy atom. The summed E-state index contributed by atoms with van der Waals surface area (Å²) in [5.74, 6) is -8.32. The molecule has 0 radical (unpaired) electrons. The number of amides is 6. The third kappa shape index (κ3) is 13.8. The normalized spacial score (nSPS) is 14.3. The van der Waals surface area contributed by atoms with Crippen molar-refractivity contribution in [2.75, 3.05) is 6.54 Å². The molecule has 6 amide bonds. The van der Waals surface area contributed by atoms with Crippen LogP contribution in [-0.2, 0) is 57.7 Å². The minimum Gasteiger partial charge on any atom is -0.481 e. The molecule has 0 aliphatic rings. The maximum atomic E-state index is 14.4. The average molecular weight is 921 g/mol. The average Bonchev–Trinajstić information content (AvgIpc) is 3.91. The Balaban J connectivity index is 1.33. The second-order valence-electron chi connectivity index (χ2n) is 16.9. The molecule has 7 atom stereocenters. The Labute approximate surface area is 388 Å². The van der Waals surface area contributed by atoms with Gasteiger partial charge >= 0.3 is 11.9 Å². The largest absolute Gasteiger partial charge is 0.481 e. The molecule has 18 heteroatoms. The minimum atomic E-state index is -1.72. The van der Waals surface area contributed by atoms with Crippen LogP contribution in [0.1, 0.15) is 70.6 Å². The van der Waals surface area contributed by atoms with Crippen molar-refractivity contribution >= 4 is 69.2 Å². The van der Waals surface area contributed by atoms with E-state index < -0.39 is 102 Å². The molecule has 3 aromatic carbocycles. The van der Waals surface area contributed by atoms with E-state index in [4.69, 9.17) is 0 Å². The number of para-hydroxylation sites is 2. The van der Waals surface area contributed by atoms with Gasteiger partial charge in [-0.25, -0.2) is 4.79 Å². The van der Waals surface area contributed by atoms with Crippen LogP contribution in [0.5, 0.6) is 0 Å². The van der Waals surface area contributed by atoms with E-state index >= 15 is 0 Å². The fourth-order valence-electron chi connectivity index (χ4n) is 7.88. The van der Waals surface area contributed by atoms with Crippen LogP contribution >= 0.6 is 0 Å². The molecular formula is C49H60N8O10. The summed E-state index contributed by atoms with van der Waals surface area (Å²) >= 11 is 0. The zero-order valence-corrected chi connectivity index (χ0v) is 38.3. The topological polar surface area (TPSA) is 272 Å². The fraction of sp³-hybridized carbons (Fsp3) is 0.388. The number of carbonyl (C=O) groups excluding carboxylic acids is 6. The number of rotatable bonds is 24. The molecule has 0 fully saturated rings. The van der Waals surface area contributed by atoms with E-state index in [-0.39, 0.29) is 19.4 Å². The number of carboxylic acid groups (broad SMARTS) is 2. The van der Waals surface area contributed by atoms with Gasteiger partial charge in [0.25, 0.3) is 0 Å². The first-order valence-electron chi connectivity index (χ1n) is 22.3. The number of hydrogen-bond donors (Lipinski definition) is 9. The van der Waals surface area contributed by atoms with Crippen LogP contribution < -0.4 is 26.6 Å². The number of nitrogens with one attached hydrogen (secondary N) is 7. The number of fused-ring (bicyclic) bond motifs is 2. The van der Waals surface area contributed by atoms with E-state index in [2.05, 4.69) is 36.6 Å². The van der Waals surface area contributed by atoms with Gasteiger partial charge in [-0.2, -0.15) is 0 Å². The van der Waals surface area contributed by atoms with Gasteiger partial charge in [-0.1, -0.05) is 107 Å². The number of H-pyrrole nitrogens is 2. The zero-order chi connectivity index (χ0) is 48.8. The highest BCUT2D eigenvalue weighted by atomic mass is 16.4. The summed E-state index contributed by atoms with van der Waals surface area (Å²) in [5, 5.41) is 34.7. The van der Waals surface area contributed by atoms with Gasteiger partial charge in [0, 0.05) is 60.5 Å². The molecule has 0 spiro atoms. The number of nitrogens with zero attached hydrogens (tertiary/aromatic N) is 1. The first-order valence-corrected chi connectivity index (χ1v) is 22.3. The smallest absolute Gasteiger partial charge is 0.326 e. The van der Waals surface area contributed by atoms with Crippen molar-refractivity contribution < 1.29 is 48.6 Å². The molecule has 5 rings (SSSR count). The van der Waals surface area contributed by atoms with Gasteiger partial charge in [0.05, 0.1) is 13.0 Å². The van der Waals surface area contributed by atoms with Crippen molar-refractivity contribution in [1.82, 2.24) is 41.5 Å². The molecule has 18 nitrogen and oxygen atoms in total. The summed E-state index contributed by atoms with van der Waals surface area (Å²) in [6.07, 6.45) is 3.31. The highest BCUT2D eigenvalue weighted by Gasteiger charge is 2.36. The van der Waals surface area contributed by atoms with E-state index in [1.165, 1.54) is 11.8 Å². The lowest BCUT2D eigenvalue weighted by molar-refractivity contribution is -0.143. The summed E-state index contributed by atoms with van der Waals surface area (Å²) in [6.45, 7) is 7.49. The second-order valence-corrected chi connectivity index (χ2v) is 16.9. The number of carbonyl (C=O) groups is 8. The standard InChI is InChI=1S/C49H60N8O10/c1-6-28(3)43(46(63)54-40(49(66)67)22-33-25-51-37-20-14-12-18-35(33)37)56-47(64)44(29(4)7-2)55-45(62)38(23-42(60)61)53-41(59)27-57(26-31-15-9-8-10-16-31)48(65)39(52-30(5)58)21-32-24-50-36-19-13-11-17-34(32)36/h8-20,24-25,28-29,38-40,43-44,50-51H,6-7,21-23,26-27H2,1-5H3,(H,52,58)(H,53,59)(H,54,63)(H,55,62)(H,56,64)(H,60,61)(H,66,67). The van der Waals surface area contributed by atoms with Crippen LogP contribution in [-0.4, -0.2) is 109 Å². The van der Waals surface area contributed by atoms with Gasteiger partial charge in [-0.3, -0.25) is 33.6 Å². The Hall–Kier alpha value is -7.50. The second kappa shape index (κ2) is 23.6. The fourth-order valence-corrected chi connectivity index (χ4v) is 7.88. The SMILES string of the molecule is CCC(C)C(NC(=O)C(CC(=O)O)NC(=O)CN(Cc1ccccc1)C(=O)C(Cc1c[nH]c2ccccc12)NC(C)=O)C(=O)NC(C(=O)NC(Cc1c[nH]c2ccccc12)C(=O)O)C(C)CC. The summed E-state index contributed by atoms with van der Waals surface area (Å²) in [6, 6.07) is 16.8. The van der Waals surface area contributed by atoms with Crippen molar-refractivity contribution in [3.05, 3.63) is 108 Å². The van der Waals surface area contributed by atoms with Crippen molar-refractivity contribution in [2.45, 2.75) is 103 Å². The maximum Gasteiger partial charge on any atom is 0.326 e. The van der Waals surface area contributed by atoms with Crippen molar-refractivity contribution in [3.8, 4) is 0 Å². The van der Waals surface area contributed by atoms with Crippen LogP contribution in [0.2, 0.25) is 0 Å². The number of aromatic nitrogens is 2. The van der Waals surface area contributed by atoms with Gasteiger partial charge in [0.15, 0.2) is 0 Å². The van der Waals surface area contributed by atoms with Crippen LogP contribution in [0.4, 0.5) is 0 Å². The Bertz CT molecular complexity index is 2560. The van der Waals surface area contributed by atoms with Gasteiger partial charge < -0.3 is 51.7 Å². The Morgan fingerprint density at radius 2 is 1.09 bits per heavy atom. The molecule has 0 bridgehead atoms. The first kappa shape index (κ1) is 50.5. The molecule has 2 heterocycles. The third-order valence-electron chi connectivity index (χ3n) is 12.0. The summed E-state index contributed by atoms with van der Waals surface area (Å²) in [5.41, 5.74) is 3.68. The highest BCUT2D eigenvalue weighted by molar-refractivity contribution is 5.97. The van der Waals surface area contributed by atoms with E-state index in [9.17, 15) is 48.6 Å². The Morgan fingerprint density at radius 3 is 1.60 bits per heavy atom. The highest BCUT2D eigenvalue weighted by Crippen LogP contribution is 2.22. The van der Waals surface area contributed by atoms with E-state index in [0.29, 0.717) is 24.0 Å². The molecule has 9 N–H and O–H groups in total. The molecule has 5 aromatic rings. The first-order chi connectivity index (χ1) is 32.0. The van der Waals surface area contributed by atoms with Crippen LogP contribution in [0.25, 0.3) is 21.8 Å². The summed E-state index contributed by atoms with van der Waals surface area (Å²) in [4.78, 5) is 115. The number of carboxylic acids is 2. The summed E-state index contributed by atoms with van der Waals surface area (Å²) < 4.78 is 0. The van der Waals surface area contributed by atoms with Crippen molar-refractivity contribution in [2.24, 2.45) is 11.8 Å². The Kier molecular flexibility index (Phi) is 17.8. The van der Waals surface area contributed by atoms with Gasteiger partial charge in [0.2, 0.25) is 35.4 Å². The maximum absolute atomic E-state index is 14.4. The van der Waals surface area contributed by atoms with Crippen LogP contribution in [0, 0.1) is 11.8 Å². The molecule has 2 aromatic heterocycles. The van der Waals surface area contributed by atoms with Crippen molar-refractivity contribution in [3.63, 3.8) is 0 Å². The molecular weight excluding hydrogens is 861 g/mol. The van der Waals surface area contributed by atoms with Gasteiger partial charge in [-0.15, -0.1) is 0 Å². The predicted molar refractivity (Wildman–Crippen MR) is 250 cm³/mol. The van der Waals surface area contributed by atoms with E-state index in [1.807, 2.05) is 48.5 Å². The molecule has 0 aliphatic heterocycles. The lowest BCUT2D eigenvalue weighted by Crippen LogP contribution is -2.61. The van der Waals surface area contributed by atoms with E-state index in [0.717, 1.165) is 27.4 Å². The predicted octanol–water partition coefficient (Wildman–Crippen LogP) is 3.56. The number of hydrogen-bond acceptors (Lipinski definition) is 8. The van der Waals surface area contributed by atoms with Gasteiger partial charge in [-0.05, 0) is 40.7 Å². The summed E-state index contributed by atoms with van der Waals surface area (Å²) in [7, 11) is 0. The van der Waals surface area contributed by atoms with E-state index in [1.54, 1.807) is 70.4 Å². The molecule has 356 valence electrons. The zero-order valence-electron chi connectivity index (χ0n) is 38.3. The quantitative estimate of drug-likeness (QED) is 0.0434. The van der Waals surface area contributed by atoms with Crippen molar-refractivity contribution in [1.29, 1.82) is 0 Å². The monoisotopic (exact) mass is 920 g/mol. The van der Waals surface area contributed by atoms with Crippen LogP contribution in [0.15, 0.2) is 91.3 Å². The molecule has 0 aliphatic carbocycles. The number of benzene rings is 3. The molecule has 7 unspecified atom stereocenters. The third-order valence-corrected chi connectivity index (χ3v) is 12.0. The van der Waals surface area contributed by atoms with Gasteiger partial charge in [0.1, 0.15) is 30.2 Å². The molecule has 0 saturated heterocycles.